The minimum Gasteiger partial charge on any atom is -0.324 e. The SMILES string of the molecule is CC(N)c1ccc(-n2cnnc2)cc1. The standard InChI is InChI=1S/C10H12N4/c1-8(11)9-2-4-10(5-3-9)14-6-12-13-7-14/h2-8H,11H2,1H3. The van der Waals surface area contributed by atoms with E-state index in [0.29, 0.717) is 0 Å². The molecule has 4 heteroatoms. The van der Waals surface area contributed by atoms with Gasteiger partial charge in [-0.05, 0) is 24.6 Å². The highest BCUT2D eigenvalue weighted by Gasteiger charge is 1.99. The van der Waals surface area contributed by atoms with Crippen molar-refractivity contribution < 1.29 is 0 Å². The molecule has 1 atom stereocenters. The lowest BCUT2D eigenvalue weighted by Crippen LogP contribution is -2.04. The third-order valence-electron chi connectivity index (χ3n) is 2.14. The molecule has 2 rings (SSSR count). The molecule has 0 spiro atoms. The Balaban J connectivity index is 2.31. The number of benzene rings is 1. The molecule has 0 aliphatic carbocycles. The first-order valence-corrected chi connectivity index (χ1v) is 4.48. The van der Waals surface area contributed by atoms with Crippen LogP contribution < -0.4 is 5.73 Å². The largest absolute Gasteiger partial charge is 0.324 e. The Bertz CT molecular complexity index is 389. The Morgan fingerprint density at radius 1 is 1.14 bits per heavy atom. The average Bonchev–Trinajstić information content (AvgIpc) is 2.71. The maximum Gasteiger partial charge on any atom is 0.123 e. The van der Waals surface area contributed by atoms with E-state index in [1.54, 1.807) is 12.7 Å². The van der Waals surface area contributed by atoms with Crippen molar-refractivity contribution in [2.45, 2.75) is 13.0 Å². The molecule has 0 aliphatic rings. The fraction of sp³-hybridized carbons (Fsp3) is 0.200. The monoisotopic (exact) mass is 188 g/mol. The van der Waals surface area contributed by atoms with Gasteiger partial charge in [-0.25, -0.2) is 0 Å². The van der Waals surface area contributed by atoms with Crippen LogP contribution in [0.5, 0.6) is 0 Å². The molecule has 2 N–H and O–H groups in total. The van der Waals surface area contributed by atoms with E-state index in [9.17, 15) is 0 Å². The summed E-state index contributed by atoms with van der Waals surface area (Å²) in [5, 5.41) is 7.49. The first-order valence-electron chi connectivity index (χ1n) is 4.48. The number of nitrogens with zero attached hydrogens (tertiary/aromatic N) is 3. The van der Waals surface area contributed by atoms with Gasteiger partial charge in [-0.2, -0.15) is 0 Å². The van der Waals surface area contributed by atoms with Crippen LogP contribution in [0.2, 0.25) is 0 Å². The normalized spacial score (nSPS) is 12.7. The fourth-order valence-electron chi connectivity index (χ4n) is 1.28. The van der Waals surface area contributed by atoms with E-state index in [1.165, 1.54) is 0 Å². The summed E-state index contributed by atoms with van der Waals surface area (Å²) in [5.41, 5.74) is 7.92. The highest BCUT2D eigenvalue weighted by Crippen LogP contribution is 2.12. The lowest BCUT2D eigenvalue weighted by molar-refractivity contribution is 0.817. The van der Waals surface area contributed by atoms with Crippen LogP contribution in [0.4, 0.5) is 0 Å². The predicted molar refractivity (Wildman–Crippen MR) is 54.0 cm³/mol. The predicted octanol–water partition coefficient (Wildman–Crippen LogP) is 1.29. The Morgan fingerprint density at radius 2 is 1.71 bits per heavy atom. The van der Waals surface area contributed by atoms with Gasteiger partial charge < -0.3 is 5.73 Å². The molecule has 0 amide bonds. The molecule has 14 heavy (non-hydrogen) atoms. The summed E-state index contributed by atoms with van der Waals surface area (Å²) in [6.45, 7) is 1.97. The van der Waals surface area contributed by atoms with E-state index in [1.807, 2.05) is 35.8 Å². The van der Waals surface area contributed by atoms with E-state index in [4.69, 9.17) is 5.73 Å². The molecule has 1 unspecified atom stereocenters. The van der Waals surface area contributed by atoms with Crippen molar-refractivity contribution >= 4 is 0 Å². The molecule has 1 aromatic carbocycles. The summed E-state index contributed by atoms with van der Waals surface area (Å²) in [5.74, 6) is 0. The van der Waals surface area contributed by atoms with Gasteiger partial charge in [-0.1, -0.05) is 12.1 Å². The number of nitrogens with two attached hydrogens (primary N) is 1. The Kier molecular flexibility index (Phi) is 2.28. The van der Waals surface area contributed by atoms with E-state index < -0.39 is 0 Å². The van der Waals surface area contributed by atoms with Crippen LogP contribution in [0.1, 0.15) is 18.5 Å². The maximum absolute atomic E-state index is 5.75. The Hall–Kier alpha value is -1.68. The molecule has 0 fully saturated rings. The van der Waals surface area contributed by atoms with Gasteiger partial charge in [0.2, 0.25) is 0 Å². The minimum atomic E-state index is 0.0740. The number of aromatic nitrogens is 3. The first-order chi connectivity index (χ1) is 6.77. The molecule has 0 aliphatic heterocycles. The van der Waals surface area contributed by atoms with Crippen LogP contribution in [0.25, 0.3) is 5.69 Å². The van der Waals surface area contributed by atoms with Crippen LogP contribution in [-0.4, -0.2) is 14.8 Å². The molecule has 4 nitrogen and oxygen atoms in total. The van der Waals surface area contributed by atoms with Gasteiger partial charge in [0.1, 0.15) is 12.7 Å². The summed E-state index contributed by atoms with van der Waals surface area (Å²) in [4.78, 5) is 0. The third-order valence-corrected chi connectivity index (χ3v) is 2.14. The van der Waals surface area contributed by atoms with Crippen molar-refractivity contribution in [2.75, 3.05) is 0 Å². The van der Waals surface area contributed by atoms with Gasteiger partial charge in [0.15, 0.2) is 0 Å². The van der Waals surface area contributed by atoms with Crippen molar-refractivity contribution in [1.29, 1.82) is 0 Å². The molecule has 2 aromatic rings. The summed E-state index contributed by atoms with van der Waals surface area (Å²) in [7, 11) is 0. The van der Waals surface area contributed by atoms with Gasteiger partial charge in [-0.3, -0.25) is 4.57 Å². The summed E-state index contributed by atoms with van der Waals surface area (Å²) < 4.78 is 1.85. The zero-order valence-corrected chi connectivity index (χ0v) is 7.96. The Morgan fingerprint density at radius 3 is 2.21 bits per heavy atom. The molecule has 0 saturated carbocycles. The van der Waals surface area contributed by atoms with Gasteiger partial charge in [0.25, 0.3) is 0 Å². The highest BCUT2D eigenvalue weighted by atomic mass is 15.2. The van der Waals surface area contributed by atoms with Crippen molar-refractivity contribution in [3.8, 4) is 5.69 Å². The molecule has 0 saturated heterocycles. The lowest BCUT2D eigenvalue weighted by atomic mass is 10.1. The average molecular weight is 188 g/mol. The van der Waals surface area contributed by atoms with Crippen LogP contribution in [-0.2, 0) is 0 Å². The molecular formula is C10H12N4. The topological polar surface area (TPSA) is 56.7 Å². The van der Waals surface area contributed by atoms with Crippen molar-refractivity contribution in [3.63, 3.8) is 0 Å². The van der Waals surface area contributed by atoms with E-state index in [-0.39, 0.29) is 6.04 Å². The summed E-state index contributed by atoms with van der Waals surface area (Å²) >= 11 is 0. The molecule has 1 aromatic heterocycles. The van der Waals surface area contributed by atoms with E-state index >= 15 is 0 Å². The smallest absolute Gasteiger partial charge is 0.123 e. The summed E-state index contributed by atoms with van der Waals surface area (Å²) in [6.07, 6.45) is 3.34. The van der Waals surface area contributed by atoms with Crippen LogP contribution >= 0.6 is 0 Å². The van der Waals surface area contributed by atoms with Crippen LogP contribution in [0, 0.1) is 0 Å². The lowest BCUT2D eigenvalue weighted by Gasteiger charge is -2.06. The second-order valence-electron chi connectivity index (χ2n) is 3.25. The van der Waals surface area contributed by atoms with Crippen LogP contribution in [0.3, 0.4) is 0 Å². The second-order valence-corrected chi connectivity index (χ2v) is 3.25. The van der Waals surface area contributed by atoms with Crippen molar-refractivity contribution in [2.24, 2.45) is 5.73 Å². The van der Waals surface area contributed by atoms with Gasteiger partial charge >= 0.3 is 0 Å². The highest BCUT2D eigenvalue weighted by molar-refractivity contribution is 5.34. The molecular weight excluding hydrogens is 176 g/mol. The second kappa shape index (κ2) is 3.59. The van der Waals surface area contributed by atoms with E-state index in [0.717, 1.165) is 11.3 Å². The maximum atomic E-state index is 5.75. The van der Waals surface area contributed by atoms with Crippen molar-refractivity contribution in [3.05, 3.63) is 42.5 Å². The minimum absolute atomic E-state index is 0.0740. The van der Waals surface area contributed by atoms with Crippen LogP contribution in [0.15, 0.2) is 36.9 Å². The fourth-order valence-corrected chi connectivity index (χ4v) is 1.28. The number of hydrogen-bond donors (Lipinski definition) is 1. The van der Waals surface area contributed by atoms with E-state index in [2.05, 4.69) is 10.2 Å². The molecule has 0 radical (unpaired) electrons. The quantitative estimate of drug-likeness (QED) is 0.772. The molecule has 0 bridgehead atoms. The summed E-state index contributed by atoms with van der Waals surface area (Å²) in [6, 6.07) is 8.11. The molecule has 72 valence electrons. The van der Waals surface area contributed by atoms with Gasteiger partial charge in [0, 0.05) is 11.7 Å². The number of hydrogen-bond acceptors (Lipinski definition) is 3. The van der Waals surface area contributed by atoms with Crippen molar-refractivity contribution in [1.82, 2.24) is 14.8 Å². The zero-order chi connectivity index (χ0) is 9.97. The Labute approximate surface area is 82.4 Å². The third kappa shape index (κ3) is 1.65. The van der Waals surface area contributed by atoms with Gasteiger partial charge in [-0.15, -0.1) is 10.2 Å². The van der Waals surface area contributed by atoms with Gasteiger partial charge in [0.05, 0.1) is 0 Å². The first kappa shape index (κ1) is 8.90. The zero-order valence-electron chi connectivity index (χ0n) is 7.96. The molecule has 1 heterocycles. The number of rotatable bonds is 2.